The first-order valence-corrected chi connectivity index (χ1v) is 12.5. The highest BCUT2D eigenvalue weighted by Gasteiger charge is 2.55. The second-order valence-electron chi connectivity index (χ2n) is 10.3. The van der Waals surface area contributed by atoms with Gasteiger partial charge in [-0.3, -0.25) is 14.5 Å². The molecule has 4 atom stereocenters. The van der Waals surface area contributed by atoms with E-state index in [4.69, 9.17) is 9.47 Å². The summed E-state index contributed by atoms with van der Waals surface area (Å²) in [5.74, 6) is 2.52. The number of allylic oxidation sites excluding steroid dienone is 2. The molecule has 5 aliphatic rings. The van der Waals surface area contributed by atoms with E-state index in [1.54, 1.807) is 0 Å². The normalized spacial score (nSPS) is 32.1. The molecule has 1 N–H and O–H groups in total. The predicted molar refractivity (Wildman–Crippen MR) is 123 cm³/mol. The van der Waals surface area contributed by atoms with Gasteiger partial charge < -0.3 is 19.7 Å². The third-order valence-corrected chi connectivity index (χ3v) is 8.64. The summed E-state index contributed by atoms with van der Waals surface area (Å²) in [7, 11) is 0. The molecule has 0 radical (unpaired) electrons. The van der Waals surface area contributed by atoms with Gasteiger partial charge in [-0.15, -0.1) is 0 Å². The molecule has 2 aliphatic carbocycles. The van der Waals surface area contributed by atoms with Crippen LogP contribution in [0.25, 0.3) is 0 Å². The molecule has 8 heteroatoms. The van der Waals surface area contributed by atoms with Gasteiger partial charge in [0.25, 0.3) is 5.91 Å². The topological polar surface area (TPSA) is 88.2 Å². The van der Waals surface area contributed by atoms with Crippen LogP contribution in [-0.2, 0) is 16.1 Å². The highest BCUT2D eigenvalue weighted by atomic mass is 16.7. The summed E-state index contributed by atoms with van der Waals surface area (Å²) in [5.41, 5.74) is -0.0856. The first kappa shape index (κ1) is 21.5. The lowest BCUT2D eigenvalue weighted by Gasteiger charge is -2.41. The van der Waals surface area contributed by atoms with Crippen LogP contribution in [0.15, 0.2) is 30.4 Å². The van der Waals surface area contributed by atoms with Gasteiger partial charge in [-0.25, -0.2) is 4.79 Å². The van der Waals surface area contributed by atoms with Crippen LogP contribution in [0.2, 0.25) is 0 Å². The molecule has 2 bridgehead atoms. The smallest absolute Gasteiger partial charge is 0.325 e. The molecule has 0 unspecified atom stereocenters. The number of piperidine rings is 1. The Morgan fingerprint density at radius 3 is 2.62 bits per heavy atom. The van der Waals surface area contributed by atoms with Crippen LogP contribution in [-0.4, -0.2) is 53.1 Å². The van der Waals surface area contributed by atoms with E-state index in [0.29, 0.717) is 42.8 Å². The second-order valence-corrected chi connectivity index (χ2v) is 10.3. The van der Waals surface area contributed by atoms with Crippen molar-refractivity contribution in [2.45, 2.75) is 51.1 Å². The van der Waals surface area contributed by atoms with Crippen LogP contribution in [0, 0.1) is 23.7 Å². The molecule has 180 valence electrons. The van der Waals surface area contributed by atoms with E-state index in [0.717, 1.165) is 31.2 Å². The standard InChI is InChI=1S/C26H31N3O5/c1-2-26(19-7-9-28(10-8-19)23(30)20-12-16-3-5-18(20)11-16)24(31)29(25(32)27-26)14-17-4-6-21-22(13-17)34-15-33-21/h3-6,13,16,18-20H,2,7-12,14-15H2,1H3,(H,27,32)/t16-,18+,20+,26-/m1/s1. The maximum atomic E-state index is 13.6. The van der Waals surface area contributed by atoms with Crippen molar-refractivity contribution in [3.63, 3.8) is 0 Å². The number of carbonyl (C=O) groups is 3. The van der Waals surface area contributed by atoms with Crippen molar-refractivity contribution in [1.29, 1.82) is 0 Å². The van der Waals surface area contributed by atoms with E-state index >= 15 is 0 Å². The molecular weight excluding hydrogens is 434 g/mol. The fraction of sp³-hybridized carbons (Fsp3) is 0.577. The van der Waals surface area contributed by atoms with Crippen LogP contribution in [0.1, 0.15) is 44.6 Å². The summed E-state index contributed by atoms with van der Waals surface area (Å²) in [4.78, 5) is 43.0. The Balaban J connectivity index is 1.13. The van der Waals surface area contributed by atoms with Gasteiger partial charge in [-0.05, 0) is 67.6 Å². The van der Waals surface area contributed by atoms with Crippen molar-refractivity contribution in [3.8, 4) is 11.5 Å². The van der Waals surface area contributed by atoms with E-state index in [2.05, 4.69) is 17.5 Å². The molecule has 3 heterocycles. The van der Waals surface area contributed by atoms with Crippen LogP contribution >= 0.6 is 0 Å². The number of nitrogens with zero attached hydrogens (tertiary/aromatic N) is 2. The molecule has 8 nitrogen and oxygen atoms in total. The van der Waals surface area contributed by atoms with Crippen molar-refractivity contribution >= 4 is 17.8 Å². The maximum Gasteiger partial charge on any atom is 0.325 e. The first-order valence-electron chi connectivity index (χ1n) is 12.5. The first-order chi connectivity index (χ1) is 16.5. The van der Waals surface area contributed by atoms with Gasteiger partial charge >= 0.3 is 6.03 Å². The zero-order chi connectivity index (χ0) is 23.4. The monoisotopic (exact) mass is 465 g/mol. The fourth-order valence-electron chi connectivity index (χ4n) is 6.71. The number of hydrogen-bond donors (Lipinski definition) is 1. The molecular formula is C26H31N3O5. The molecule has 1 aromatic carbocycles. The number of benzene rings is 1. The van der Waals surface area contributed by atoms with Crippen LogP contribution in [0.3, 0.4) is 0 Å². The van der Waals surface area contributed by atoms with Crippen LogP contribution in [0.5, 0.6) is 11.5 Å². The molecule has 4 amide bonds. The van der Waals surface area contributed by atoms with Gasteiger partial charge in [0.15, 0.2) is 11.5 Å². The Hall–Kier alpha value is -3.03. The summed E-state index contributed by atoms with van der Waals surface area (Å²) < 4.78 is 10.8. The van der Waals surface area contributed by atoms with E-state index in [1.165, 1.54) is 4.90 Å². The molecule has 0 aromatic heterocycles. The van der Waals surface area contributed by atoms with E-state index in [-0.39, 0.29) is 43.0 Å². The van der Waals surface area contributed by atoms with Crippen molar-refractivity contribution < 1.29 is 23.9 Å². The maximum absolute atomic E-state index is 13.6. The largest absolute Gasteiger partial charge is 0.454 e. The number of rotatable bonds is 5. The second kappa shape index (κ2) is 8.03. The summed E-state index contributed by atoms with van der Waals surface area (Å²) in [6.07, 6.45) is 8.55. The van der Waals surface area contributed by atoms with Gasteiger partial charge in [-0.1, -0.05) is 25.1 Å². The third-order valence-electron chi connectivity index (χ3n) is 8.64. The van der Waals surface area contributed by atoms with Gasteiger partial charge in [0.1, 0.15) is 5.54 Å². The van der Waals surface area contributed by atoms with E-state index < -0.39 is 5.54 Å². The fourth-order valence-corrected chi connectivity index (χ4v) is 6.71. The average Bonchev–Trinajstić information content (AvgIpc) is 3.65. The number of likely N-dealkylation sites (tertiary alicyclic amines) is 1. The lowest BCUT2D eigenvalue weighted by Crippen LogP contribution is -2.56. The molecule has 1 saturated carbocycles. The van der Waals surface area contributed by atoms with Gasteiger partial charge in [0, 0.05) is 19.0 Å². The van der Waals surface area contributed by atoms with Gasteiger partial charge in [-0.2, -0.15) is 0 Å². The highest BCUT2D eigenvalue weighted by molar-refractivity contribution is 6.07. The molecule has 3 fully saturated rings. The molecule has 2 saturated heterocycles. The zero-order valence-electron chi connectivity index (χ0n) is 19.5. The lowest BCUT2D eigenvalue weighted by atomic mass is 9.75. The predicted octanol–water partition coefficient (Wildman–Crippen LogP) is 3.07. The number of ether oxygens (including phenoxy) is 2. The number of hydrogen-bond acceptors (Lipinski definition) is 5. The van der Waals surface area contributed by atoms with Gasteiger partial charge in [0.2, 0.25) is 12.7 Å². The Morgan fingerprint density at radius 1 is 1.12 bits per heavy atom. The summed E-state index contributed by atoms with van der Waals surface area (Å²) >= 11 is 0. The van der Waals surface area contributed by atoms with Crippen LogP contribution in [0.4, 0.5) is 4.79 Å². The number of carbonyl (C=O) groups excluding carboxylic acids is 3. The highest BCUT2D eigenvalue weighted by Crippen LogP contribution is 2.45. The Labute approximate surface area is 199 Å². The zero-order valence-corrected chi connectivity index (χ0v) is 19.5. The SMILES string of the molecule is CC[C@]1(C2CCN(C(=O)[C@H]3C[C@@H]4C=C[C@H]3C4)CC2)NC(=O)N(Cc2ccc3c(c2)OCO3)C1=O. The number of nitrogens with one attached hydrogen (secondary N) is 1. The minimum atomic E-state index is -0.905. The van der Waals surface area contributed by atoms with E-state index in [9.17, 15) is 14.4 Å². The number of urea groups is 1. The minimum Gasteiger partial charge on any atom is -0.454 e. The molecule has 1 aromatic rings. The number of fused-ring (bicyclic) bond motifs is 3. The molecule has 6 rings (SSSR count). The van der Waals surface area contributed by atoms with E-state index in [1.807, 2.05) is 30.0 Å². The van der Waals surface area contributed by atoms with Gasteiger partial charge in [0.05, 0.1) is 6.54 Å². The average molecular weight is 466 g/mol. The summed E-state index contributed by atoms with van der Waals surface area (Å²) in [5, 5.41) is 3.05. The quantitative estimate of drug-likeness (QED) is 0.533. The number of imide groups is 1. The van der Waals surface area contributed by atoms with Crippen molar-refractivity contribution in [2.75, 3.05) is 19.9 Å². The summed E-state index contributed by atoms with van der Waals surface area (Å²) in [6.45, 7) is 3.63. The van der Waals surface area contributed by atoms with Crippen molar-refractivity contribution in [1.82, 2.24) is 15.1 Å². The Bertz CT molecular complexity index is 1060. The third kappa shape index (κ3) is 3.29. The Morgan fingerprint density at radius 2 is 1.91 bits per heavy atom. The molecule has 0 spiro atoms. The van der Waals surface area contributed by atoms with Crippen molar-refractivity contribution in [3.05, 3.63) is 35.9 Å². The molecule has 34 heavy (non-hydrogen) atoms. The summed E-state index contributed by atoms with van der Waals surface area (Å²) in [6, 6.07) is 5.14. The minimum absolute atomic E-state index is 0.0136. The Kier molecular flexibility index (Phi) is 5.08. The van der Waals surface area contributed by atoms with Crippen molar-refractivity contribution in [2.24, 2.45) is 23.7 Å². The lowest BCUT2D eigenvalue weighted by molar-refractivity contribution is -0.139. The molecule has 3 aliphatic heterocycles. The number of amides is 4. The van der Waals surface area contributed by atoms with Crippen LogP contribution < -0.4 is 14.8 Å².